The summed E-state index contributed by atoms with van der Waals surface area (Å²) in [5, 5.41) is 1.25. The fraction of sp³-hybridized carbons (Fsp3) is 0.625. The molecule has 0 spiro atoms. The third kappa shape index (κ3) is 5.32. The van der Waals surface area contributed by atoms with E-state index in [2.05, 4.69) is 61.0 Å². The summed E-state index contributed by atoms with van der Waals surface area (Å²) in [6.07, 6.45) is 4.40. The Kier molecular flexibility index (Phi) is 8.69. The van der Waals surface area contributed by atoms with Crippen LogP contribution >= 0.6 is 15.9 Å². The highest BCUT2D eigenvalue weighted by molar-refractivity contribution is 9.10. The van der Waals surface area contributed by atoms with Crippen LogP contribution in [-0.2, 0) is 8.85 Å². The van der Waals surface area contributed by atoms with Crippen molar-refractivity contribution < 1.29 is 8.85 Å². The van der Waals surface area contributed by atoms with Crippen molar-refractivity contribution in [3.63, 3.8) is 0 Å². The molecule has 0 N–H and O–H groups in total. The Morgan fingerprint density at radius 1 is 1.00 bits per heavy atom. The Hall–Kier alpha value is -0.163. The first-order valence-electron chi connectivity index (χ1n) is 7.72. The van der Waals surface area contributed by atoms with Crippen molar-refractivity contribution in [3.05, 3.63) is 28.7 Å². The number of hydrogen-bond donors (Lipinski definition) is 0. The minimum Gasteiger partial charge on any atom is -0.391 e. The van der Waals surface area contributed by atoms with Gasteiger partial charge in [-0.3, -0.25) is 0 Å². The second kappa shape index (κ2) is 9.72. The van der Waals surface area contributed by atoms with Crippen LogP contribution in [0.2, 0.25) is 6.04 Å². The van der Waals surface area contributed by atoms with Gasteiger partial charge in [0.05, 0.1) is 0 Å². The molecule has 0 aliphatic heterocycles. The SMILES string of the molecule is CCCC[Si](OCCC)(OCCC)c1cccc(Br)c1. The largest absolute Gasteiger partial charge is 0.391 e. The van der Waals surface area contributed by atoms with E-state index < -0.39 is 8.56 Å². The van der Waals surface area contributed by atoms with Gasteiger partial charge in [-0.25, -0.2) is 0 Å². The third-order valence-electron chi connectivity index (χ3n) is 3.20. The molecule has 0 amide bonds. The lowest BCUT2D eigenvalue weighted by Crippen LogP contribution is -2.54. The van der Waals surface area contributed by atoms with E-state index in [1.807, 2.05) is 0 Å². The standard InChI is InChI=1S/C16H27BrO2Si/c1-4-7-13-20(18-11-5-2,19-12-6-3)16-10-8-9-15(17)14-16/h8-10,14H,4-7,11-13H2,1-3H3. The predicted molar refractivity (Wildman–Crippen MR) is 91.7 cm³/mol. The van der Waals surface area contributed by atoms with E-state index >= 15 is 0 Å². The normalized spacial score (nSPS) is 11.8. The van der Waals surface area contributed by atoms with Crippen molar-refractivity contribution in [1.82, 2.24) is 0 Å². The van der Waals surface area contributed by atoms with Crippen molar-refractivity contribution in [2.45, 2.75) is 52.5 Å². The van der Waals surface area contributed by atoms with E-state index in [-0.39, 0.29) is 0 Å². The van der Waals surface area contributed by atoms with Crippen molar-refractivity contribution in [3.8, 4) is 0 Å². The minimum atomic E-state index is -2.30. The molecule has 0 heterocycles. The van der Waals surface area contributed by atoms with Gasteiger partial charge in [-0.05, 0) is 36.2 Å². The summed E-state index contributed by atoms with van der Waals surface area (Å²) < 4.78 is 13.7. The molecular formula is C16H27BrO2Si. The zero-order valence-electron chi connectivity index (χ0n) is 13.0. The summed E-state index contributed by atoms with van der Waals surface area (Å²) in [5.41, 5.74) is 0. The smallest absolute Gasteiger partial charge is 0.372 e. The quantitative estimate of drug-likeness (QED) is 0.561. The van der Waals surface area contributed by atoms with Crippen LogP contribution in [0.3, 0.4) is 0 Å². The maximum absolute atomic E-state index is 6.32. The number of rotatable bonds is 10. The highest BCUT2D eigenvalue weighted by Crippen LogP contribution is 2.20. The summed E-state index contributed by atoms with van der Waals surface area (Å²) in [5.74, 6) is 0. The Morgan fingerprint density at radius 2 is 1.65 bits per heavy atom. The molecule has 0 aromatic heterocycles. The van der Waals surface area contributed by atoms with Crippen molar-refractivity contribution in [1.29, 1.82) is 0 Å². The van der Waals surface area contributed by atoms with Gasteiger partial charge in [0.1, 0.15) is 0 Å². The first-order chi connectivity index (χ1) is 9.68. The van der Waals surface area contributed by atoms with Crippen molar-refractivity contribution in [2.75, 3.05) is 13.2 Å². The fourth-order valence-corrected chi connectivity index (χ4v) is 6.38. The van der Waals surface area contributed by atoms with Crippen molar-refractivity contribution in [2.24, 2.45) is 0 Å². The monoisotopic (exact) mass is 358 g/mol. The lowest BCUT2D eigenvalue weighted by atomic mass is 10.4. The Morgan fingerprint density at radius 3 is 2.15 bits per heavy atom. The predicted octanol–water partition coefficient (Wildman–Crippen LogP) is 4.75. The van der Waals surface area contributed by atoms with E-state index in [4.69, 9.17) is 8.85 Å². The number of unbranched alkanes of at least 4 members (excludes halogenated alkanes) is 1. The van der Waals surface area contributed by atoms with Gasteiger partial charge in [0.15, 0.2) is 0 Å². The number of hydrogen-bond acceptors (Lipinski definition) is 2. The fourth-order valence-electron chi connectivity index (χ4n) is 2.17. The lowest BCUT2D eigenvalue weighted by Gasteiger charge is -2.31. The second-order valence-corrected chi connectivity index (χ2v) is 9.14. The highest BCUT2D eigenvalue weighted by Gasteiger charge is 2.39. The third-order valence-corrected chi connectivity index (χ3v) is 7.24. The van der Waals surface area contributed by atoms with E-state index in [0.717, 1.165) is 43.0 Å². The topological polar surface area (TPSA) is 18.5 Å². The first kappa shape index (κ1) is 17.9. The van der Waals surface area contributed by atoms with Crippen LogP contribution in [0.4, 0.5) is 0 Å². The molecule has 0 atom stereocenters. The van der Waals surface area contributed by atoms with Gasteiger partial charge in [0.2, 0.25) is 0 Å². The van der Waals surface area contributed by atoms with Crippen LogP contribution in [0.25, 0.3) is 0 Å². The van der Waals surface area contributed by atoms with Gasteiger partial charge in [-0.1, -0.05) is 61.7 Å². The molecule has 0 aliphatic carbocycles. The van der Waals surface area contributed by atoms with Crippen LogP contribution in [0, 0.1) is 0 Å². The number of benzene rings is 1. The Bertz CT molecular complexity index is 363. The maximum Gasteiger partial charge on any atom is 0.372 e. The summed E-state index contributed by atoms with van der Waals surface area (Å²) in [6.45, 7) is 8.09. The molecule has 0 bridgehead atoms. The summed E-state index contributed by atoms with van der Waals surface area (Å²) in [4.78, 5) is 0. The molecule has 0 fully saturated rings. The van der Waals surface area contributed by atoms with Crippen LogP contribution in [0.5, 0.6) is 0 Å². The average molecular weight is 359 g/mol. The Labute approximate surface area is 133 Å². The van der Waals surface area contributed by atoms with Gasteiger partial charge in [0, 0.05) is 17.7 Å². The van der Waals surface area contributed by atoms with Crippen LogP contribution in [-0.4, -0.2) is 21.8 Å². The molecule has 0 radical (unpaired) electrons. The van der Waals surface area contributed by atoms with Gasteiger partial charge in [-0.15, -0.1) is 0 Å². The molecule has 1 rings (SSSR count). The molecule has 4 heteroatoms. The molecule has 0 unspecified atom stereocenters. The summed E-state index contributed by atoms with van der Waals surface area (Å²) in [6, 6.07) is 9.52. The summed E-state index contributed by atoms with van der Waals surface area (Å²) in [7, 11) is -2.30. The molecular weight excluding hydrogens is 332 g/mol. The average Bonchev–Trinajstić information content (AvgIpc) is 2.47. The summed E-state index contributed by atoms with van der Waals surface area (Å²) >= 11 is 3.57. The molecule has 20 heavy (non-hydrogen) atoms. The van der Waals surface area contributed by atoms with Crippen LogP contribution < -0.4 is 5.19 Å². The van der Waals surface area contributed by atoms with E-state index in [1.54, 1.807) is 0 Å². The first-order valence-corrected chi connectivity index (χ1v) is 10.5. The van der Waals surface area contributed by atoms with E-state index in [1.165, 1.54) is 11.6 Å². The molecule has 0 aliphatic rings. The van der Waals surface area contributed by atoms with Gasteiger partial charge < -0.3 is 8.85 Å². The van der Waals surface area contributed by atoms with E-state index in [9.17, 15) is 0 Å². The Balaban J connectivity index is 3.04. The molecule has 1 aromatic rings. The van der Waals surface area contributed by atoms with Gasteiger partial charge in [0.25, 0.3) is 0 Å². The van der Waals surface area contributed by atoms with Crippen LogP contribution in [0.1, 0.15) is 46.5 Å². The lowest BCUT2D eigenvalue weighted by molar-refractivity contribution is 0.179. The zero-order chi connectivity index (χ0) is 14.8. The number of halogens is 1. The van der Waals surface area contributed by atoms with Gasteiger partial charge in [-0.2, -0.15) is 0 Å². The van der Waals surface area contributed by atoms with E-state index in [0.29, 0.717) is 0 Å². The second-order valence-electron chi connectivity index (χ2n) is 5.06. The molecule has 0 saturated carbocycles. The zero-order valence-corrected chi connectivity index (χ0v) is 15.5. The molecule has 0 saturated heterocycles. The van der Waals surface area contributed by atoms with Crippen molar-refractivity contribution >= 4 is 29.7 Å². The molecule has 1 aromatic carbocycles. The molecule has 2 nitrogen and oxygen atoms in total. The maximum atomic E-state index is 6.32. The minimum absolute atomic E-state index is 0.784. The highest BCUT2D eigenvalue weighted by atomic mass is 79.9. The van der Waals surface area contributed by atoms with Gasteiger partial charge >= 0.3 is 8.56 Å². The van der Waals surface area contributed by atoms with Crippen LogP contribution in [0.15, 0.2) is 28.7 Å². The molecule has 114 valence electrons.